The van der Waals surface area contributed by atoms with E-state index < -0.39 is 0 Å². The molecule has 1 N–H and O–H groups in total. The van der Waals surface area contributed by atoms with Gasteiger partial charge in [-0.1, -0.05) is 12.1 Å². The molecule has 0 spiro atoms. The maximum atomic E-state index is 5.51. The summed E-state index contributed by atoms with van der Waals surface area (Å²) in [6.45, 7) is 0.914. The van der Waals surface area contributed by atoms with Crippen LogP contribution in [0.4, 0.5) is 0 Å². The molecular weight excluding hydrogens is 278 g/mol. The van der Waals surface area contributed by atoms with E-state index in [0.29, 0.717) is 0 Å². The summed E-state index contributed by atoms with van der Waals surface area (Å²) in [5.41, 5.74) is 3.65. The van der Waals surface area contributed by atoms with Crippen LogP contribution in [-0.2, 0) is 6.42 Å². The van der Waals surface area contributed by atoms with Crippen molar-refractivity contribution in [2.45, 2.75) is 12.5 Å². The summed E-state index contributed by atoms with van der Waals surface area (Å²) in [5, 5.41) is 3.58. The van der Waals surface area contributed by atoms with Gasteiger partial charge in [0.1, 0.15) is 17.2 Å². The molecule has 0 radical (unpaired) electrons. The maximum Gasteiger partial charge on any atom is 0.122 e. The molecule has 0 amide bonds. The van der Waals surface area contributed by atoms with Crippen LogP contribution in [0.2, 0.25) is 0 Å². The van der Waals surface area contributed by atoms with Crippen molar-refractivity contribution in [1.82, 2.24) is 5.32 Å². The Kier molecular flexibility index (Phi) is 4.20. The highest BCUT2D eigenvalue weighted by Crippen LogP contribution is 2.36. The Balaban J connectivity index is 2.08. The monoisotopic (exact) mass is 299 g/mol. The minimum absolute atomic E-state index is 0.114. The summed E-state index contributed by atoms with van der Waals surface area (Å²) in [6.07, 6.45) is 0.969. The van der Waals surface area contributed by atoms with Crippen molar-refractivity contribution >= 4 is 0 Å². The molecule has 22 heavy (non-hydrogen) atoms. The molecule has 4 heteroatoms. The van der Waals surface area contributed by atoms with Gasteiger partial charge in [0, 0.05) is 18.2 Å². The number of benzene rings is 2. The minimum atomic E-state index is 0.114. The van der Waals surface area contributed by atoms with Crippen molar-refractivity contribution < 1.29 is 14.2 Å². The number of fused-ring (bicyclic) bond motifs is 1. The van der Waals surface area contributed by atoms with Gasteiger partial charge in [-0.2, -0.15) is 0 Å². The second-order valence-corrected chi connectivity index (χ2v) is 5.31. The van der Waals surface area contributed by atoms with E-state index in [1.54, 1.807) is 21.3 Å². The summed E-state index contributed by atoms with van der Waals surface area (Å²) in [4.78, 5) is 0. The van der Waals surface area contributed by atoms with Crippen molar-refractivity contribution in [2.75, 3.05) is 27.9 Å². The molecule has 0 fully saturated rings. The molecule has 1 unspecified atom stereocenters. The molecule has 116 valence electrons. The topological polar surface area (TPSA) is 39.7 Å². The zero-order valence-electron chi connectivity index (χ0n) is 13.2. The first-order valence-corrected chi connectivity index (χ1v) is 7.39. The number of rotatable bonds is 4. The number of hydrogen-bond acceptors (Lipinski definition) is 4. The van der Waals surface area contributed by atoms with Gasteiger partial charge in [-0.05, 0) is 35.7 Å². The first kappa shape index (κ1) is 14.7. The molecule has 1 aliphatic heterocycles. The first-order chi connectivity index (χ1) is 10.8. The van der Waals surface area contributed by atoms with Crippen molar-refractivity contribution in [3.8, 4) is 17.2 Å². The van der Waals surface area contributed by atoms with E-state index in [1.807, 2.05) is 18.2 Å². The van der Waals surface area contributed by atoms with Gasteiger partial charge in [-0.25, -0.2) is 0 Å². The van der Waals surface area contributed by atoms with Gasteiger partial charge >= 0.3 is 0 Å². The van der Waals surface area contributed by atoms with Crippen molar-refractivity contribution in [3.05, 3.63) is 53.1 Å². The Morgan fingerprint density at radius 3 is 2.32 bits per heavy atom. The summed E-state index contributed by atoms with van der Waals surface area (Å²) in [7, 11) is 5.06. The minimum Gasteiger partial charge on any atom is -0.497 e. The standard InChI is InChI=1S/C18H21NO3/c1-20-13-9-12(10-14(11-13)21-2)18-16-5-4-6-17(22-3)15(16)7-8-19-18/h4-6,9-11,18-19H,7-8H2,1-3H3. The molecule has 1 atom stereocenters. The fraction of sp³-hybridized carbons (Fsp3) is 0.333. The molecule has 0 bridgehead atoms. The van der Waals surface area contributed by atoms with Gasteiger partial charge in [-0.3, -0.25) is 0 Å². The maximum absolute atomic E-state index is 5.51. The summed E-state index contributed by atoms with van der Waals surface area (Å²) >= 11 is 0. The first-order valence-electron chi connectivity index (χ1n) is 7.39. The fourth-order valence-corrected chi connectivity index (χ4v) is 3.06. The fourth-order valence-electron chi connectivity index (χ4n) is 3.06. The summed E-state index contributed by atoms with van der Waals surface area (Å²) < 4.78 is 16.3. The molecule has 0 saturated heterocycles. The lowest BCUT2D eigenvalue weighted by molar-refractivity contribution is 0.391. The Morgan fingerprint density at radius 2 is 1.68 bits per heavy atom. The Bertz CT molecular complexity index is 647. The number of nitrogens with one attached hydrogen (secondary N) is 1. The molecule has 1 heterocycles. The predicted molar refractivity (Wildman–Crippen MR) is 86.1 cm³/mol. The van der Waals surface area contributed by atoms with Crippen LogP contribution in [0.3, 0.4) is 0 Å². The Morgan fingerprint density at radius 1 is 0.955 bits per heavy atom. The third-order valence-corrected chi connectivity index (χ3v) is 4.13. The average Bonchev–Trinajstić information content (AvgIpc) is 2.60. The molecule has 2 aromatic carbocycles. The van der Waals surface area contributed by atoms with E-state index in [-0.39, 0.29) is 6.04 Å². The lowest BCUT2D eigenvalue weighted by atomic mass is 9.89. The van der Waals surface area contributed by atoms with Gasteiger partial charge in [0.15, 0.2) is 0 Å². The van der Waals surface area contributed by atoms with Crippen LogP contribution < -0.4 is 19.5 Å². The predicted octanol–water partition coefficient (Wildman–Crippen LogP) is 2.95. The third kappa shape index (κ3) is 2.62. The van der Waals surface area contributed by atoms with Crippen LogP contribution in [0.1, 0.15) is 22.7 Å². The van der Waals surface area contributed by atoms with Crippen molar-refractivity contribution in [1.29, 1.82) is 0 Å². The van der Waals surface area contributed by atoms with E-state index in [1.165, 1.54) is 11.1 Å². The van der Waals surface area contributed by atoms with Gasteiger partial charge in [0.05, 0.1) is 27.4 Å². The highest BCUT2D eigenvalue weighted by molar-refractivity contribution is 5.49. The quantitative estimate of drug-likeness (QED) is 0.942. The van der Waals surface area contributed by atoms with Crippen molar-refractivity contribution in [3.63, 3.8) is 0 Å². The van der Waals surface area contributed by atoms with E-state index >= 15 is 0 Å². The normalized spacial score (nSPS) is 16.8. The highest BCUT2D eigenvalue weighted by atomic mass is 16.5. The summed E-state index contributed by atoms with van der Waals surface area (Å²) in [6, 6.07) is 12.3. The molecule has 2 aromatic rings. The van der Waals surface area contributed by atoms with Crippen LogP contribution >= 0.6 is 0 Å². The second kappa shape index (κ2) is 6.28. The zero-order chi connectivity index (χ0) is 15.5. The van der Waals surface area contributed by atoms with Crippen molar-refractivity contribution in [2.24, 2.45) is 0 Å². The smallest absolute Gasteiger partial charge is 0.122 e. The molecular formula is C18H21NO3. The van der Waals surface area contributed by atoms with Crippen LogP contribution in [0.15, 0.2) is 36.4 Å². The SMILES string of the molecule is COc1cc(OC)cc(C2NCCc3c(OC)cccc32)c1. The molecule has 0 aliphatic carbocycles. The average molecular weight is 299 g/mol. The van der Waals surface area contributed by atoms with Gasteiger partial charge in [-0.15, -0.1) is 0 Å². The van der Waals surface area contributed by atoms with E-state index in [0.717, 1.165) is 35.8 Å². The largest absolute Gasteiger partial charge is 0.497 e. The lowest BCUT2D eigenvalue weighted by Gasteiger charge is -2.29. The van der Waals surface area contributed by atoms with Crippen LogP contribution in [0, 0.1) is 0 Å². The Hall–Kier alpha value is -2.20. The van der Waals surface area contributed by atoms with E-state index in [4.69, 9.17) is 14.2 Å². The Labute approximate surface area is 131 Å². The van der Waals surface area contributed by atoms with Crippen LogP contribution in [0.5, 0.6) is 17.2 Å². The van der Waals surface area contributed by atoms with Gasteiger partial charge < -0.3 is 19.5 Å². The van der Waals surface area contributed by atoms with Gasteiger partial charge in [0.2, 0.25) is 0 Å². The number of methoxy groups -OCH3 is 3. The zero-order valence-corrected chi connectivity index (χ0v) is 13.2. The molecule has 3 rings (SSSR count). The molecule has 1 aliphatic rings. The van der Waals surface area contributed by atoms with Crippen LogP contribution in [-0.4, -0.2) is 27.9 Å². The lowest BCUT2D eigenvalue weighted by Crippen LogP contribution is -2.30. The van der Waals surface area contributed by atoms with Crippen LogP contribution in [0.25, 0.3) is 0 Å². The third-order valence-electron chi connectivity index (χ3n) is 4.13. The molecule has 0 saturated carbocycles. The molecule has 4 nitrogen and oxygen atoms in total. The van der Waals surface area contributed by atoms with Gasteiger partial charge in [0.25, 0.3) is 0 Å². The summed E-state index contributed by atoms with van der Waals surface area (Å²) in [5.74, 6) is 2.55. The molecule has 0 aromatic heterocycles. The number of hydrogen-bond donors (Lipinski definition) is 1. The number of ether oxygens (including phenoxy) is 3. The van der Waals surface area contributed by atoms with E-state index in [2.05, 4.69) is 23.5 Å². The van der Waals surface area contributed by atoms with E-state index in [9.17, 15) is 0 Å². The second-order valence-electron chi connectivity index (χ2n) is 5.31. The highest BCUT2D eigenvalue weighted by Gasteiger charge is 2.24.